The van der Waals surface area contributed by atoms with E-state index in [4.69, 9.17) is 0 Å². The molecule has 1 unspecified atom stereocenters. The van der Waals surface area contributed by atoms with E-state index in [1.807, 2.05) is 13.8 Å². The standard InChI is InChI=1S/C13H24N2O3/c1-10(2)11(16)5-7-14-12(17)6-9-15-8-3-4-13(15)18/h10-11,16H,3-9H2,1-2H3,(H,14,17). The summed E-state index contributed by atoms with van der Waals surface area (Å²) in [4.78, 5) is 24.6. The molecule has 1 atom stereocenters. The monoisotopic (exact) mass is 256 g/mol. The molecule has 2 amide bonds. The van der Waals surface area contributed by atoms with Gasteiger partial charge in [0.05, 0.1) is 6.10 Å². The number of likely N-dealkylation sites (tertiary alicyclic amines) is 1. The van der Waals surface area contributed by atoms with Crippen LogP contribution in [0.4, 0.5) is 0 Å². The number of amides is 2. The second kappa shape index (κ2) is 7.36. The molecule has 0 radical (unpaired) electrons. The van der Waals surface area contributed by atoms with Crippen LogP contribution in [0.1, 0.15) is 39.5 Å². The predicted octanol–water partition coefficient (Wildman–Crippen LogP) is 0.522. The summed E-state index contributed by atoms with van der Waals surface area (Å²) in [5, 5.41) is 12.3. The van der Waals surface area contributed by atoms with Crippen molar-refractivity contribution in [2.24, 2.45) is 5.92 Å². The Balaban J connectivity index is 2.09. The minimum atomic E-state index is -0.370. The van der Waals surface area contributed by atoms with Crippen LogP contribution in [0, 0.1) is 5.92 Å². The van der Waals surface area contributed by atoms with Gasteiger partial charge in [-0.1, -0.05) is 13.8 Å². The van der Waals surface area contributed by atoms with E-state index in [9.17, 15) is 14.7 Å². The van der Waals surface area contributed by atoms with Crippen LogP contribution in [0.5, 0.6) is 0 Å². The summed E-state index contributed by atoms with van der Waals surface area (Å²) >= 11 is 0. The summed E-state index contributed by atoms with van der Waals surface area (Å²) in [6.45, 7) is 5.68. The highest BCUT2D eigenvalue weighted by Crippen LogP contribution is 2.09. The van der Waals surface area contributed by atoms with Crippen LogP contribution in [-0.2, 0) is 9.59 Å². The van der Waals surface area contributed by atoms with Crippen molar-refractivity contribution in [3.05, 3.63) is 0 Å². The van der Waals surface area contributed by atoms with Crippen LogP contribution >= 0.6 is 0 Å². The van der Waals surface area contributed by atoms with Gasteiger partial charge in [-0.05, 0) is 18.8 Å². The van der Waals surface area contributed by atoms with Crippen LogP contribution in [0.3, 0.4) is 0 Å². The van der Waals surface area contributed by atoms with E-state index in [2.05, 4.69) is 5.32 Å². The molecule has 1 aliphatic rings. The van der Waals surface area contributed by atoms with E-state index in [0.29, 0.717) is 32.4 Å². The topological polar surface area (TPSA) is 69.6 Å². The van der Waals surface area contributed by atoms with Gasteiger partial charge in [0, 0.05) is 32.5 Å². The molecule has 2 N–H and O–H groups in total. The SMILES string of the molecule is CC(C)C(O)CCNC(=O)CCN1CCCC1=O. The average Bonchev–Trinajstić information content (AvgIpc) is 2.72. The van der Waals surface area contributed by atoms with Crippen LogP contribution in [0.15, 0.2) is 0 Å². The lowest BCUT2D eigenvalue weighted by Crippen LogP contribution is -2.33. The molecule has 1 rings (SSSR count). The lowest BCUT2D eigenvalue weighted by molar-refractivity contribution is -0.128. The Kier molecular flexibility index (Phi) is 6.12. The van der Waals surface area contributed by atoms with Crippen LogP contribution in [0.2, 0.25) is 0 Å². The molecule has 104 valence electrons. The Morgan fingerprint density at radius 2 is 2.22 bits per heavy atom. The molecule has 0 aromatic heterocycles. The summed E-state index contributed by atoms with van der Waals surface area (Å²) in [6.07, 6.45) is 2.07. The first-order valence-electron chi connectivity index (χ1n) is 6.73. The Labute approximate surface area is 109 Å². The van der Waals surface area contributed by atoms with E-state index < -0.39 is 0 Å². The molecule has 1 heterocycles. The minimum Gasteiger partial charge on any atom is -0.393 e. The van der Waals surface area contributed by atoms with Gasteiger partial charge in [-0.3, -0.25) is 9.59 Å². The maximum Gasteiger partial charge on any atom is 0.222 e. The second-order valence-corrected chi connectivity index (χ2v) is 5.18. The Morgan fingerprint density at radius 3 is 2.78 bits per heavy atom. The number of hydrogen-bond donors (Lipinski definition) is 2. The number of aliphatic hydroxyl groups excluding tert-OH is 1. The molecule has 5 nitrogen and oxygen atoms in total. The Hall–Kier alpha value is -1.10. The van der Waals surface area contributed by atoms with E-state index in [0.717, 1.165) is 13.0 Å². The van der Waals surface area contributed by atoms with Gasteiger partial charge >= 0.3 is 0 Å². The van der Waals surface area contributed by atoms with Gasteiger partial charge in [-0.25, -0.2) is 0 Å². The maximum absolute atomic E-state index is 11.5. The zero-order chi connectivity index (χ0) is 13.5. The largest absolute Gasteiger partial charge is 0.393 e. The van der Waals surface area contributed by atoms with Crippen molar-refractivity contribution in [2.45, 2.75) is 45.6 Å². The summed E-state index contributed by atoms with van der Waals surface area (Å²) in [5.74, 6) is 0.313. The van der Waals surface area contributed by atoms with E-state index >= 15 is 0 Å². The fraction of sp³-hybridized carbons (Fsp3) is 0.846. The van der Waals surface area contributed by atoms with Crippen molar-refractivity contribution in [3.63, 3.8) is 0 Å². The lowest BCUT2D eigenvalue weighted by atomic mass is 10.0. The molecule has 0 aromatic rings. The third-order valence-electron chi connectivity index (χ3n) is 3.31. The van der Waals surface area contributed by atoms with E-state index in [1.54, 1.807) is 4.90 Å². The maximum atomic E-state index is 11.5. The van der Waals surface area contributed by atoms with Crippen molar-refractivity contribution in [2.75, 3.05) is 19.6 Å². The fourth-order valence-electron chi connectivity index (χ4n) is 1.96. The third kappa shape index (κ3) is 5.04. The second-order valence-electron chi connectivity index (χ2n) is 5.18. The molecule has 18 heavy (non-hydrogen) atoms. The molecular weight excluding hydrogens is 232 g/mol. The van der Waals surface area contributed by atoms with Gasteiger partial charge in [-0.2, -0.15) is 0 Å². The minimum absolute atomic E-state index is 0.0503. The number of carbonyl (C=O) groups is 2. The summed E-state index contributed by atoms with van der Waals surface area (Å²) < 4.78 is 0. The van der Waals surface area contributed by atoms with Crippen molar-refractivity contribution in [1.82, 2.24) is 10.2 Å². The lowest BCUT2D eigenvalue weighted by Gasteiger charge is -2.16. The third-order valence-corrected chi connectivity index (χ3v) is 3.31. The zero-order valence-corrected chi connectivity index (χ0v) is 11.3. The fourth-order valence-corrected chi connectivity index (χ4v) is 1.96. The van der Waals surface area contributed by atoms with Gasteiger partial charge in [-0.15, -0.1) is 0 Å². The van der Waals surface area contributed by atoms with Gasteiger partial charge in [0.2, 0.25) is 11.8 Å². The molecule has 0 aliphatic carbocycles. The first-order valence-corrected chi connectivity index (χ1v) is 6.73. The van der Waals surface area contributed by atoms with Crippen molar-refractivity contribution in [3.8, 4) is 0 Å². The summed E-state index contributed by atoms with van der Waals surface area (Å²) in [7, 11) is 0. The molecule has 0 bridgehead atoms. The van der Waals surface area contributed by atoms with E-state index in [-0.39, 0.29) is 23.8 Å². The van der Waals surface area contributed by atoms with Gasteiger partial charge in [0.15, 0.2) is 0 Å². The highest BCUT2D eigenvalue weighted by Gasteiger charge is 2.20. The molecule has 0 saturated carbocycles. The molecule has 1 fully saturated rings. The Morgan fingerprint density at radius 1 is 1.50 bits per heavy atom. The van der Waals surface area contributed by atoms with Gasteiger partial charge in [0.25, 0.3) is 0 Å². The van der Waals surface area contributed by atoms with Crippen LogP contribution in [-0.4, -0.2) is 47.6 Å². The van der Waals surface area contributed by atoms with Crippen LogP contribution < -0.4 is 5.32 Å². The van der Waals surface area contributed by atoms with Gasteiger partial charge in [0.1, 0.15) is 0 Å². The normalized spacial score (nSPS) is 17.3. The number of hydrogen-bond acceptors (Lipinski definition) is 3. The first kappa shape index (κ1) is 15.0. The summed E-state index contributed by atoms with van der Waals surface area (Å²) in [6, 6.07) is 0. The number of nitrogens with zero attached hydrogens (tertiary/aromatic N) is 1. The summed E-state index contributed by atoms with van der Waals surface area (Å²) in [5.41, 5.74) is 0. The molecule has 5 heteroatoms. The average molecular weight is 256 g/mol. The number of rotatable bonds is 7. The van der Waals surface area contributed by atoms with Crippen LogP contribution in [0.25, 0.3) is 0 Å². The van der Waals surface area contributed by atoms with Crippen molar-refractivity contribution < 1.29 is 14.7 Å². The van der Waals surface area contributed by atoms with Crippen molar-refractivity contribution >= 4 is 11.8 Å². The molecule has 1 saturated heterocycles. The first-order chi connectivity index (χ1) is 8.50. The molecule has 0 aromatic carbocycles. The molecule has 0 spiro atoms. The number of nitrogens with one attached hydrogen (secondary N) is 1. The highest BCUT2D eigenvalue weighted by atomic mass is 16.3. The highest BCUT2D eigenvalue weighted by molar-refractivity contribution is 5.80. The number of aliphatic hydroxyl groups is 1. The predicted molar refractivity (Wildman–Crippen MR) is 68.9 cm³/mol. The molecular formula is C13H24N2O3. The smallest absolute Gasteiger partial charge is 0.222 e. The van der Waals surface area contributed by atoms with Crippen molar-refractivity contribution in [1.29, 1.82) is 0 Å². The van der Waals surface area contributed by atoms with Gasteiger partial charge < -0.3 is 15.3 Å². The van der Waals surface area contributed by atoms with E-state index in [1.165, 1.54) is 0 Å². The molecule has 1 aliphatic heterocycles. The number of carbonyl (C=O) groups excluding carboxylic acids is 2. The Bertz CT molecular complexity index is 292. The quantitative estimate of drug-likeness (QED) is 0.698. The zero-order valence-electron chi connectivity index (χ0n) is 11.3.